The van der Waals surface area contributed by atoms with Crippen LogP contribution in [-0.2, 0) is 10.0 Å². The number of nitrogens with one attached hydrogen (secondary N) is 1. The number of nitrogens with zero attached hydrogens (tertiary/aromatic N) is 1. The van der Waals surface area contributed by atoms with Gasteiger partial charge in [0.2, 0.25) is 0 Å². The van der Waals surface area contributed by atoms with E-state index in [1.807, 2.05) is 13.0 Å². The van der Waals surface area contributed by atoms with Crippen LogP contribution in [0.5, 0.6) is 5.75 Å². The average Bonchev–Trinajstić information content (AvgIpc) is 2.78. The standard InChI is InChI=1S/C13H11BrN2O3S2/c1-9-8-12(20-13(9)14)21(17,18)16-10-2-4-11(5-3-10)19-7-6-15/h2-5,8,16H,7H2,1H3. The van der Waals surface area contributed by atoms with Crippen molar-refractivity contribution in [2.75, 3.05) is 11.3 Å². The summed E-state index contributed by atoms with van der Waals surface area (Å²) in [6.07, 6.45) is 0. The molecule has 0 aliphatic heterocycles. The highest BCUT2D eigenvalue weighted by molar-refractivity contribution is 9.11. The number of thiophene rings is 1. The molecule has 1 aromatic heterocycles. The molecule has 0 fully saturated rings. The largest absolute Gasteiger partial charge is 0.479 e. The lowest BCUT2D eigenvalue weighted by Crippen LogP contribution is -2.11. The summed E-state index contributed by atoms with van der Waals surface area (Å²) < 4.78 is 33.1. The molecule has 1 N–H and O–H groups in total. The van der Waals surface area contributed by atoms with Crippen molar-refractivity contribution in [3.63, 3.8) is 0 Å². The normalized spacial score (nSPS) is 10.9. The molecule has 0 aliphatic carbocycles. The number of hydrogen-bond donors (Lipinski definition) is 1. The van der Waals surface area contributed by atoms with Crippen LogP contribution in [0.15, 0.2) is 38.3 Å². The fraction of sp³-hybridized carbons (Fsp3) is 0.154. The van der Waals surface area contributed by atoms with Gasteiger partial charge in [-0.15, -0.1) is 11.3 Å². The number of rotatable bonds is 5. The van der Waals surface area contributed by atoms with Gasteiger partial charge < -0.3 is 4.74 Å². The molecule has 0 atom stereocenters. The number of halogens is 1. The molecule has 0 radical (unpaired) electrons. The van der Waals surface area contributed by atoms with E-state index < -0.39 is 10.0 Å². The second kappa shape index (κ2) is 6.47. The maximum absolute atomic E-state index is 12.2. The van der Waals surface area contributed by atoms with Gasteiger partial charge in [-0.25, -0.2) is 8.42 Å². The fourth-order valence-corrected chi connectivity index (χ4v) is 4.79. The zero-order valence-electron chi connectivity index (χ0n) is 11.0. The highest BCUT2D eigenvalue weighted by Crippen LogP contribution is 2.31. The molecule has 2 rings (SSSR count). The summed E-state index contributed by atoms with van der Waals surface area (Å²) >= 11 is 4.47. The Kier molecular flexibility index (Phi) is 4.88. The summed E-state index contributed by atoms with van der Waals surface area (Å²) in [6, 6.07) is 9.84. The number of nitriles is 1. The summed E-state index contributed by atoms with van der Waals surface area (Å²) in [5.41, 5.74) is 1.31. The molecule has 0 saturated heterocycles. The van der Waals surface area contributed by atoms with Crippen molar-refractivity contribution in [1.82, 2.24) is 0 Å². The highest BCUT2D eigenvalue weighted by atomic mass is 79.9. The molecular weight excluding hydrogens is 376 g/mol. The minimum atomic E-state index is -3.60. The van der Waals surface area contributed by atoms with Gasteiger partial charge in [0.25, 0.3) is 10.0 Å². The van der Waals surface area contributed by atoms with Gasteiger partial charge >= 0.3 is 0 Å². The first-order valence-electron chi connectivity index (χ1n) is 5.81. The summed E-state index contributed by atoms with van der Waals surface area (Å²) in [6.45, 7) is 1.79. The van der Waals surface area contributed by atoms with Crippen LogP contribution in [0.2, 0.25) is 0 Å². The number of sulfonamides is 1. The van der Waals surface area contributed by atoms with Crippen molar-refractivity contribution in [1.29, 1.82) is 5.26 Å². The van der Waals surface area contributed by atoms with Gasteiger partial charge in [0.15, 0.2) is 6.61 Å². The Morgan fingerprint density at radius 1 is 1.38 bits per heavy atom. The number of aryl methyl sites for hydroxylation is 1. The van der Waals surface area contributed by atoms with E-state index in [4.69, 9.17) is 10.00 Å². The SMILES string of the molecule is Cc1cc(S(=O)(=O)Nc2ccc(OCC#N)cc2)sc1Br. The Hall–Kier alpha value is -1.56. The fourth-order valence-electron chi connectivity index (χ4n) is 1.50. The number of ether oxygens (including phenoxy) is 1. The Balaban J connectivity index is 2.15. The van der Waals surface area contributed by atoms with E-state index in [9.17, 15) is 8.42 Å². The molecule has 5 nitrogen and oxygen atoms in total. The molecular formula is C13H11BrN2O3S2. The predicted octanol–water partition coefficient (Wildman–Crippen LogP) is 3.52. The van der Waals surface area contributed by atoms with E-state index in [2.05, 4.69) is 20.7 Å². The quantitative estimate of drug-likeness (QED) is 0.852. The van der Waals surface area contributed by atoms with Crippen LogP contribution < -0.4 is 9.46 Å². The van der Waals surface area contributed by atoms with Crippen molar-refractivity contribution in [2.24, 2.45) is 0 Å². The lowest BCUT2D eigenvalue weighted by molar-refractivity contribution is 0.368. The van der Waals surface area contributed by atoms with Crippen LogP contribution in [-0.4, -0.2) is 15.0 Å². The van der Waals surface area contributed by atoms with Crippen LogP contribution in [0.4, 0.5) is 5.69 Å². The van der Waals surface area contributed by atoms with Crippen LogP contribution in [0.25, 0.3) is 0 Å². The van der Waals surface area contributed by atoms with Crippen LogP contribution in [0.3, 0.4) is 0 Å². The van der Waals surface area contributed by atoms with Crippen LogP contribution >= 0.6 is 27.3 Å². The maximum Gasteiger partial charge on any atom is 0.271 e. The van der Waals surface area contributed by atoms with E-state index in [-0.39, 0.29) is 10.8 Å². The Morgan fingerprint density at radius 3 is 2.57 bits per heavy atom. The number of hydrogen-bond acceptors (Lipinski definition) is 5. The van der Waals surface area contributed by atoms with E-state index >= 15 is 0 Å². The predicted molar refractivity (Wildman–Crippen MR) is 85.1 cm³/mol. The third-order valence-electron chi connectivity index (χ3n) is 2.51. The van der Waals surface area contributed by atoms with Crippen molar-refractivity contribution in [3.8, 4) is 11.8 Å². The van der Waals surface area contributed by atoms with E-state index in [1.165, 1.54) is 0 Å². The molecule has 0 spiro atoms. The van der Waals surface area contributed by atoms with Gasteiger partial charge in [-0.05, 0) is 58.7 Å². The lowest BCUT2D eigenvalue weighted by Gasteiger charge is -2.07. The van der Waals surface area contributed by atoms with Gasteiger partial charge in [-0.3, -0.25) is 4.72 Å². The van der Waals surface area contributed by atoms with Gasteiger partial charge in [-0.2, -0.15) is 5.26 Å². The van der Waals surface area contributed by atoms with Crippen LogP contribution in [0, 0.1) is 18.3 Å². The Labute approximate surface area is 135 Å². The molecule has 0 unspecified atom stereocenters. The minimum Gasteiger partial charge on any atom is -0.479 e. The molecule has 21 heavy (non-hydrogen) atoms. The number of benzene rings is 1. The first kappa shape index (κ1) is 15.8. The van der Waals surface area contributed by atoms with Crippen LogP contribution in [0.1, 0.15) is 5.56 Å². The third-order valence-corrected chi connectivity index (χ3v) is 6.50. The second-order valence-corrected chi connectivity index (χ2v) is 8.38. The summed E-state index contributed by atoms with van der Waals surface area (Å²) in [4.78, 5) is 0. The Bertz CT molecular complexity index is 757. The van der Waals surface area contributed by atoms with Gasteiger partial charge in [0.1, 0.15) is 16.0 Å². The molecule has 2 aromatic rings. The maximum atomic E-state index is 12.2. The smallest absolute Gasteiger partial charge is 0.271 e. The lowest BCUT2D eigenvalue weighted by atomic mass is 10.3. The highest BCUT2D eigenvalue weighted by Gasteiger charge is 2.18. The average molecular weight is 387 g/mol. The Morgan fingerprint density at radius 2 is 2.05 bits per heavy atom. The summed E-state index contributed by atoms with van der Waals surface area (Å²) in [5, 5.41) is 8.42. The first-order valence-corrected chi connectivity index (χ1v) is 8.90. The molecule has 110 valence electrons. The molecule has 0 saturated carbocycles. The summed E-state index contributed by atoms with van der Waals surface area (Å²) in [5.74, 6) is 0.509. The zero-order chi connectivity index (χ0) is 15.5. The van der Waals surface area contributed by atoms with Crippen molar-refractivity contribution >= 4 is 43.0 Å². The van der Waals surface area contributed by atoms with E-state index in [0.29, 0.717) is 11.4 Å². The van der Waals surface area contributed by atoms with Gasteiger partial charge in [-0.1, -0.05) is 0 Å². The monoisotopic (exact) mass is 386 g/mol. The minimum absolute atomic E-state index is 0.0480. The first-order chi connectivity index (χ1) is 9.92. The molecule has 0 bridgehead atoms. The molecule has 8 heteroatoms. The van der Waals surface area contributed by atoms with Gasteiger partial charge in [0, 0.05) is 5.69 Å². The topological polar surface area (TPSA) is 79.2 Å². The van der Waals surface area contributed by atoms with Crippen molar-refractivity contribution < 1.29 is 13.2 Å². The molecule has 0 aliphatic rings. The summed E-state index contributed by atoms with van der Waals surface area (Å²) in [7, 11) is -3.60. The zero-order valence-corrected chi connectivity index (χ0v) is 14.2. The second-order valence-electron chi connectivity index (χ2n) is 4.10. The molecule has 0 amide bonds. The van der Waals surface area contributed by atoms with Crippen molar-refractivity contribution in [3.05, 3.63) is 39.7 Å². The van der Waals surface area contributed by atoms with E-state index in [1.54, 1.807) is 30.3 Å². The third kappa shape index (κ3) is 3.97. The molecule has 1 heterocycles. The number of anilines is 1. The molecule has 1 aromatic carbocycles. The van der Waals surface area contributed by atoms with Gasteiger partial charge in [0.05, 0.1) is 3.79 Å². The van der Waals surface area contributed by atoms with Crippen molar-refractivity contribution in [2.45, 2.75) is 11.1 Å². The van der Waals surface area contributed by atoms with E-state index in [0.717, 1.165) is 20.7 Å².